The Morgan fingerprint density at radius 1 is 1.00 bits per heavy atom. The first-order chi connectivity index (χ1) is 12.2. The Kier molecular flexibility index (Phi) is 5.09. The normalized spacial score (nSPS) is 10.4. The predicted octanol–water partition coefficient (Wildman–Crippen LogP) is 4.37. The van der Waals surface area contributed by atoms with Gasteiger partial charge in [0, 0.05) is 5.69 Å². The van der Waals surface area contributed by atoms with Gasteiger partial charge in [-0.05, 0) is 56.2 Å². The summed E-state index contributed by atoms with van der Waals surface area (Å²) < 4.78 is 5.61. The zero-order valence-corrected chi connectivity index (χ0v) is 14.6. The number of para-hydroxylation sites is 2. The summed E-state index contributed by atoms with van der Waals surface area (Å²) in [4.78, 5) is 4.47. The van der Waals surface area contributed by atoms with E-state index in [1.807, 2.05) is 37.3 Å². The molecule has 2 aromatic carbocycles. The van der Waals surface area contributed by atoms with Gasteiger partial charge in [0.05, 0.1) is 18.5 Å². The molecule has 0 aliphatic carbocycles. The molecule has 1 heterocycles. The quantitative estimate of drug-likeness (QED) is 0.697. The Labute approximate surface area is 147 Å². The number of nitrogens with one attached hydrogen (secondary N) is 2. The van der Waals surface area contributed by atoms with Crippen LogP contribution in [0.2, 0.25) is 0 Å². The Morgan fingerprint density at radius 3 is 2.64 bits per heavy atom. The van der Waals surface area contributed by atoms with Gasteiger partial charge in [0.1, 0.15) is 5.75 Å². The van der Waals surface area contributed by atoms with Crippen molar-refractivity contribution in [3.05, 3.63) is 59.8 Å². The largest absolute Gasteiger partial charge is 0.492 e. The van der Waals surface area contributed by atoms with E-state index < -0.39 is 0 Å². The maximum Gasteiger partial charge on any atom is 0.249 e. The van der Waals surface area contributed by atoms with Gasteiger partial charge in [-0.1, -0.05) is 18.2 Å². The van der Waals surface area contributed by atoms with Crippen LogP contribution in [-0.4, -0.2) is 21.8 Å². The maximum atomic E-state index is 5.61. The smallest absolute Gasteiger partial charge is 0.249 e. The van der Waals surface area contributed by atoms with Crippen LogP contribution in [0.3, 0.4) is 0 Å². The Balaban J connectivity index is 1.78. The fraction of sp³-hybridized carbons (Fsp3) is 0.211. The van der Waals surface area contributed by atoms with Crippen molar-refractivity contribution in [2.45, 2.75) is 20.8 Å². The highest BCUT2D eigenvalue weighted by molar-refractivity contribution is 5.64. The zero-order chi connectivity index (χ0) is 17.6. The van der Waals surface area contributed by atoms with Crippen molar-refractivity contribution >= 4 is 23.1 Å². The van der Waals surface area contributed by atoms with Gasteiger partial charge >= 0.3 is 0 Å². The van der Waals surface area contributed by atoms with Gasteiger partial charge in [-0.15, -0.1) is 5.10 Å². The third-order valence-corrected chi connectivity index (χ3v) is 3.77. The minimum absolute atomic E-state index is 0.404. The average Bonchev–Trinajstić information content (AvgIpc) is 2.61. The van der Waals surface area contributed by atoms with Gasteiger partial charge in [0.15, 0.2) is 5.82 Å². The minimum Gasteiger partial charge on any atom is -0.492 e. The minimum atomic E-state index is 0.404. The standard InChI is InChI=1S/C19H21N5O/c1-4-25-17-8-6-5-7-16(17)22-19-23-18(12-20-24-19)21-15-10-9-13(2)14(3)11-15/h5-12H,4H2,1-3H3,(H2,21,22,23,24). The van der Waals surface area contributed by atoms with E-state index in [1.165, 1.54) is 11.1 Å². The van der Waals surface area contributed by atoms with E-state index in [0.29, 0.717) is 18.4 Å². The van der Waals surface area contributed by atoms with Crippen LogP contribution >= 0.6 is 0 Å². The number of nitrogens with zero attached hydrogens (tertiary/aromatic N) is 3. The number of aromatic nitrogens is 3. The molecule has 0 saturated heterocycles. The highest BCUT2D eigenvalue weighted by atomic mass is 16.5. The van der Waals surface area contributed by atoms with Gasteiger partial charge in [-0.3, -0.25) is 0 Å². The third kappa shape index (κ3) is 4.23. The lowest BCUT2D eigenvalue weighted by molar-refractivity contribution is 0.342. The van der Waals surface area contributed by atoms with Crippen molar-refractivity contribution in [1.29, 1.82) is 0 Å². The van der Waals surface area contributed by atoms with Gasteiger partial charge in [-0.25, -0.2) is 0 Å². The monoisotopic (exact) mass is 335 g/mol. The number of aryl methyl sites for hydroxylation is 2. The van der Waals surface area contributed by atoms with Crippen LogP contribution in [0.15, 0.2) is 48.7 Å². The lowest BCUT2D eigenvalue weighted by Crippen LogP contribution is -2.04. The summed E-state index contributed by atoms with van der Waals surface area (Å²) in [7, 11) is 0. The molecule has 1 aromatic heterocycles. The molecule has 0 atom stereocenters. The first kappa shape index (κ1) is 16.7. The first-order valence-corrected chi connectivity index (χ1v) is 8.18. The highest BCUT2D eigenvalue weighted by Crippen LogP contribution is 2.26. The molecule has 2 N–H and O–H groups in total. The summed E-state index contributed by atoms with van der Waals surface area (Å²) in [5, 5.41) is 14.5. The molecule has 0 unspecified atom stereocenters. The van der Waals surface area contributed by atoms with Crippen LogP contribution in [0, 0.1) is 13.8 Å². The predicted molar refractivity (Wildman–Crippen MR) is 99.9 cm³/mol. The number of hydrogen-bond donors (Lipinski definition) is 2. The van der Waals surface area contributed by atoms with E-state index in [-0.39, 0.29) is 0 Å². The Morgan fingerprint density at radius 2 is 1.84 bits per heavy atom. The molecule has 0 amide bonds. The average molecular weight is 335 g/mol. The summed E-state index contributed by atoms with van der Waals surface area (Å²) in [5.41, 5.74) is 4.23. The number of rotatable bonds is 6. The highest BCUT2D eigenvalue weighted by Gasteiger charge is 2.06. The second kappa shape index (κ2) is 7.61. The molecule has 0 radical (unpaired) electrons. The number of ether oxygens (including phenoxy) is 1. The van der Waals surface area contributed by atoms with Crippen LogP contribution < -0.4 is 15.4 Å². The molecule has 6 heteroatoms. The van der Waals surface area contributed by atoms with Crippen LogP contribution in [0.4, 0.5) is 23.1 Å². The lowest BCUT2D eigenvalue weighted by Gasteiger charge is -2.12. The lowest BCUT2D eigenvalue weighted by atomic mass is 10.1. The molecular weight excluding hydrogens is 314 g/mol. The molecule has 0 spiro atoms. The molecule has 25 heavy (non-hydrogen) atoms. The molecule has 0 aliphatic rings. The fourth-order valence-electron chi connectivity index (χ4n) is 2.36. The van der Waals surface area contributed by atoms with Gasteiger partial charge < -0.3 is 15.4 Å². The summed E-state index contributed by atoms with van der Waals surface area (Å²) in [6.07, 6.45) is 1.59. The second-order valence-electron chi connectivity index (χ2n) is 5.64. The van der Waals surface area contributed by atoms with E-state index in [4.69, 9.17) is 4.74 Å². The molecular formula is C19H21N5O. The van der Waals surface area contributed by atoms with E-state index in [0.717, 1.165) is 17.1 Å². The number of anilines is 4. The van der Waals surface area contributed by atoms with E-state index in [1.54, 1.807) is 6.20 Å². The third-order valence-electron chi connectivity index (χ3n) is 3.77. The van der Waals surface area contributed by atoms with Crippen LogP contribution in [0.1, 0.15) is 18.1 Å². The SMILES string of the molecule is CCOc1ccccc1Nc1nncc(Nc2ccc(C)c(C)c2)n1. The van der Waals surface area contributed by atoms with Crippen LogP contribution in [-0.2, 0) is 0 Å². The van der Waals surface area contributed by atoms with Crippen molar-refractivity contribution in [3.8, 4) is 5.75 Å². The number of hydrogen-bond acceptors (Lipinski definition) is 6. The van der Waals surface area contributed by atoms with Crippen LogP contribution in [0.5, 0.6) is 5.75 Å². The van der Waals surface area contributed by atoms with Crippen molar-refractivity contribution < 1.29 is 4.74 Å². The fourth-order valence-corrected chi connectivity index (χ4v) is 2.36. The van der Waals surface area contributed by atoms with Crippen molar-refractivity contribution in [2.75, 3.05) is 17.2 Å². The molecule has 3 rings (SSSR count). The van der Waals surface area contributed by atoms with E-state index in [9.17, 15) is 0 Å². The summed E-state index contributed by atoms with van der Waals surface area (Å²) >= 11 is 0. The second-order valence-corrected chi connectivity index (χ2v) is 5.64. The van der Waals surface area contributed by atoms with Crippen molar-refractivity contribution in [3.63, 3.8) is 0 Å². The van der Waals surface area contributed by atoms with E-state index in [2.05, 4.69) is 51.8 Å². The van der Waals surface area contributed by atoms with Crippen molar-refractivity contribution in [2.24, 2.45) is 0 Å². The molecule has 0 aliphatic heterocycles. The Bertz CT molecular complexity index is 866. The van der Waals surface area contributed by atoms with Gasteiger partial charge in [0.25, 0.3) is 0 Å². The van der Waals surface area contributed by atoms with Gasteiger partial charge in [0.2, 0.25) is 5.95 Å². The van der Waals surface area contributed by atoms with Crippen LogP contribution in [0.25, 0.3) is 0 Å². The summed E-state index contributed by atoms with van der Waals surface area (Å²) in [6.45, 7) is 6.70. The zero-order valence-electron chi connectivity index (χ0n) is 14.6. The topological polar surface area (TPSA) is 72.0 Å². The molecule has 6 nitrogen and oxygen atoms in total. The number of benzene rings is 2. The van der Waals surface area contributed by atoms with E-state index >= 15 is 0 Å². The maximum absolute atomic E-state index is 5.61. The molecule has 128 valence electrons. The molecule has 0 saturated carbocycles. The molecule has 3 aromatic rings. The first-order valence-electron chi connectivity index (χ1n) is 8.18. The summed E-state index contributed by atoms with van der Waals surface area (Å²) in [5.74, 6) is 1.77. The molecule has 0 bridgehead atoms. The Hall–Kier alpha value is -3.15. The van der Waals surface area contributed by atoms with Crippen molar-refractivity contribution in [1.82, 2.24) is 15.2 Å². The molecule has 0 fully saturated rings. The summed E-state index contributed by atoms with van der Waals surface area (Å²) in [6, 6.07) is 13.8. The van der Waals surface area contributed by atoms with Gasteiger partial charge in [-0.2, -0.15) is 10.1 Å².